The summed E-state index contributed by atoms with van der Waals surface area (Å²) in [7, 11) is 0. The number of anilines is 1. The molecule has 4 nitrogen and oxygen atoms in total. The third-order valence-corrected chi connectivity index (χ3v) is 2.88. The first kappa shape index (κ1) is 12.5. The van der Waals surface area contributed by atoms with Crippen molar-refractivity contribution in [1.82, 2.24) is 15.0 Å². The summed E-state index contributed by atoms with van der Waals surface area (Å²) in [5.41, 5.74) is 4.05. The highest BCUT2D eigenvalue weighted by Gasteiger charge is 2.09. The van der Waals surface area contributed by atoms with Gasteiger partial charge in [-0.05, 0) is 45.4 Å². The average Bonchev–Trinajstić information content (AvgIpc) is 2.35. The lowest BCUT2D eigenvalue weighted by atomic mass is 10.2. The molecule has 0 aliphatic rings. The van der Waals surface area contributed by atoms with Crippen molar-refractivity contribution in [3.63, 3.8) is 0 Å². The van der Waals surface area contributed by atoms with Crippen LogP contribution in [0.15, 0.2) is 18.3 Å². The lowest BCUT2D eigenvalue weighted by Gasteiger charge is -2.10. The predicted molar refractivity (Wildman–Crippen MR) is 73.6 cm³/mol. The molecule has 0 spiro atoms. The molecule has 0 saturated carbocycles. The van der Waals surface area contributed by atoms with Crippen LogP contribution in [-0.2, 0) is 0 Å². The number of aryl methyl sites for hydroxylation is 2. The summed E-state index contributed by atoms with van der Waals surface area (Å²) in [6, 6.07) is 3.97. The zero-order chi connectivity index (χ0) is 13.1. The maximum atomic E-state index is 4.55. The monoisotopic (exact) mass is 242 g/mol. The molecule has 1 N–H and O–H groups in total. The molecule has 2 rings (SSSR count). The summed E-state index contributed by atoms with van der Waals surface area (Å²) in [6.07, 6.45) is 1.79. The van der Waals surface area contributed by atoms with Crippen LogP contribution in [0.25, 0.3) is 11.5 Å². The maximum absolute atomic E-state index is 4.55. The van der Waals surface area contributed by atoms with E-state index in [4.69, 9.17) is 0 Å². The van der Waals surface area contributed by atoms with Crippen LogP contribution in [0.5, 0.6) is 0 Å². The van der Waals surface area contributed by atoms with E-state index in [2.05, 4.69) is 27.2 Å². The third kappa shape index (κ3) is 2.47. The predicted octanol–water partition coefficient (Wildman–Crippen LogP) is 2.90. The molecular weight excluding hydrogens is 224 g/mol. The Hall–Kier alpha value is -1.97. The van der Waals surface area contributed by atoms with Gasteiger partial charge in [0.2, 0.25) is 0 Å². The SMILES string of the molecule is CCNc1nc(-c2cc(C)ccn2)nc(C)c1C. The standard InChI is InChI=1S/C14H18N4/c1-5-15-13-10(3)11(4)17-14(18-13)12-8-9(2)6-7-16-12/h6-8H,5H2,1-4H3,(H,15,17,18). The zero-order valence-electron chi connectivity index (χ0n) is 11.3. The molecule has 2 aromatic heterocycles. The lowest BCUT2D eigenvalue weighted by molar-refractivity contribution is 1.03. The van der Waals surface area contributed by atoms with Crippen molar-refractivity contribution in [2.75, 3.05) is 11.9 Å². The van der Waals surface area contributed by atoms with Crippen LogP contribution >= 0.6 is 0 Å². The molecule has 18 heavy (non-hydrogen) atoms. The van der Waals surface area contributed by atoms with Gasteiger partial charge in [0.1, 0.15) is 11.5 Å². The van der Waals surface area contributed by atoms with Gasteiger partial charge in [0.15, 0.2) is 5.82 Å². The quantitative estimate of drug-likeness (QED) is 0.899. The van der Waals surface area contributed by atoms with Gasteiger partial charge >= 0.3 is 0 Å². The number of nitrogens with one attached hydrogen (secondary N) is 1. The van der Waals surface area contributed by atoms with Crippen LogP contribution in [0.1, 0.15) is 23.7 Å². The largest absolute Gasteiger partial charge is 0.370 e. The van der Waals surface area contributed by atoms with Crippen molar-refractivity contribution >= 4 is 5.82 Å². The number of hydrogen-bond donors (Lipinski definition) is 1. The number of rotatable bonds is 3. The summed E-state index contributed by atoms with van der Waals surface area (Å²) in [6.45, 7) is 8.97. The smallest absolute Gasteiger partial charge is 0.180 e. The molecule has 0 bridgehead atoms. The van der Waals surface area contributed by atoms with Crippen molar-refractivity contribution in [2.45, 2.75) is 27.7 Å². The summed E-state index contributed by atoms with van der Waals surface area (Å²) < 4.78 is 0. The number of aromatic nitrogens is 3. The van der Waals surface area contributed by atoms with E-state index in [-0.39, 0.29) is 0 Å². The highest BCUT2D eigenvalue weighted by atomic mass is 15.0. The normalized spacial score (nSPS) is 10.4. The van der Waals surface area contributed by atoms with Crippen LogP contribution in [0.3, 0.4) is 0 Å². The average molecular weight is 242 g/mol. The summed E-state index contributed by atoms with van der Waals surface area (Å²) >= 11 is 0. The van der Waals surface area contributed by atoms with Gasteiger partial charge in [0, 0.05) is 24.0 Å². The van der Waals surface area contributed by atoms with Gasteiger partial charge in [-0.3, -0.25) is 4.98 Å². The molecule has 0 atom stereocenters. The van der Waals surface area contributed by atoms with Crippen LogP contribution in [0.2, 0.25) is 0 Å². The first-order valence-corrected chi connectivity index (χ1v) is 6.14. The molecule has 94 valence electrons. The molecular formula is C14H18N4. The van der Waals surface area contributed by atoms with E-state index in [0.29, 0.717) is 5.82 Å². The summed E-state index contributed by atoms with van der Waals surface area (Å²) in [5.74, 6) is 1.57. The van der Waals surface area contributed by atoms with E-state index in [1.54, 1.807) is 6.20 Å². The fourth-order valence-electron chi connectivity index (χ4n) is 1.74. The maximum Gasteiger partial charge on any atom is 0.180 e. The lowest BCUT2D eigenvalue weighted by Crippen LogP contribution is -2.06. The second-order valence-corrected chi connectivity index (χ2v) is 4.35. The zero-order valence-corrected chi connectivity index (χ0v) is 11.3. The van der Waals surface area contributed by atoms with Crippen molar-refractivity contribution in [2.24, 2.45) is 0 Å². The Morgan fingerprint density at radius 1 is 1.17 bits per heavy atom. The van der Waals surface area contributed by atoms with Crippen molar-refractivity contribution in [3.05, 3.63) is 35.2 Å². The highest BCUT2D eigenvalue weighted by molar-refractivity contribution is 5.56. The molecule has 0 aliphatic carbocycles. The Morgan fingerprint density at radius 3 is 2.61 bits per heavy atom. The van der Waals surface area contributed by atoms with Gasteiger partial charge in [0.05, 0.1) is 0 Å². The van der Waals surface area contributed by atoms with E-state index in [9.17, 15) is 0 Å². The molecule has 0 saturated heterocycles. The Morgan fingerprint density at radius 2 is 1.94 bits per heavy atom. The fourth-order valence-corrected chi connectivity index (χ4v) is 1.74. The molecule has 0 amide bonds. The molecule has 0 aromatic carbocycles. The summed E-state index contributed by atoms with van der Waals surface area (Å²) in [4.78, 5) is 13.4. The van der Waals surface area contributed by atoms with Crippen LogP contribution in [-0.4, -0.2) is 21.5 Å². The van der Waals surface area contributed by atoms with E-state index < -0.39 is 0 Å². The van der Waals surface area contributed by atoms with Crippen molar-refractivity contribution < 1.29 is 0 Å². The second-order valence-electron chi connectivity index (χ2n) is 4.35. The Balaban J connectivity index is 2.51. The molecule has 4 heteroatoms. The van der Waals surface area contributed by atoms with Gasteiger partial charge in [-0.1, -0.05) is 0 Å². The first-order valence-electron chi connectivity index (χ1n) is 6.14. The van der Waals surface area contributed by atoms with E-state index >= 15 is 0 Å². The van der Waals surface area contributed by atoms with Crippen molar-refractivity contribution in [3.8, 4) is 11.5 Å². The van der Waals surface area contributed by atoms with Gasteiger partial charge in [0.25, 0.3) is 0 Å². The van der Waals surface area contributed by atoms with E-state index in [0.717, 1.165) is 34.9 Å². The van der Waals surface area contributed by atoms with Crippen LogP contribution in [0, 0.1) is 20.8 Å². The second kappa shape index (κ2) is 5.12. The Labute approximate surface area is 108 Å². The molecule has 0 aliphatic heterocycles. The molecule has 0 radical (unpaired) electrons. The molecule has 0 unspecified atom stereocenters. The highest BCUT2D eigenvalue weighted by Crippen LogP contribution is 2.20. The van der Waals surface area contributed by atoms with Gasteiger partial charge in [-0.25, -0.2) is 9.97 Å². The fraction of sp³-hybridized carbons (Fsp3) is 0.357. The molecule has 2 heterocycles. The van der Waals surface area contributed by atoms with Gasteiger partial charge in [-0.2, -0.15) is 0 Å². The minimum Gasteiger partial charge on any atom is -0.370 e. The minimum absolute atomic E-state index is 0.678. The van der Waals surface area contributed by atoms with Crippen molar-refractivity contribution in [1.29, 1.82) is 0 Å². The Bertz CT molecular complexity index is 564. The van der Waals surface area contributed by atoms with Gasteiger partial charge in [-0.15, -0.1) is 0 Å². The summed E-state index contributed by atoms with van der Waals surface area (Å²) in [5, 5.41) is 3.26. The van der Waals surface area contributed by atoms with E-state index in [1.807, 2.05) is 32.9 Å². The number of nitrogens with zero attached hydrogens (tertiary/aromatic N) is 3. The number of hydrogen-bond acceptors (Lipinski definition) is 4. The minimum atomic E-state index is 0.678. The Kier molecular flexibility index (Phi) is 3.55. The first-order chi connectivity index (χ1) is 8.61. The molecule has 0 fully saturated rings. The number of pyridine rings is 1. The topological polar surface area (TPSA) is 50.7 Å². The van der Waals surface area contributed by atoms with Crippen LogP contribution in [0.4, 0.5) is 5.82 Å². The van der Waals surface area contributed by atoms with Crippen LogP contribution < -0.4 is 5.32 Å². The third-order valence-electron chi connectivity index (χ3n) is 2.88. The molecule has 2 aromatic rings. The van der Waals surface area contributed by atoms with E-state index in [1.165, 1.54) is 0 Å². The van der Waals surface area contributed by atoms with Gasteiger partial charge < -0.3 is 5.32 Å².